The number of nitrogens with one attached hydrogen (secondary N) is 1. The van der Waals surface area contributed by atoms with Crippen LogP contribution in [-0.4, -0.2) is 25.5 Å². The van der Waals surface area contributed by atoms with E-state index in [1.807, 2.05) is 24.3 Å². The standard InChI is InChI=1S/C19H22BrNO3/c1-19(2,3)21-15-9-7-6-8-12(15)18(22)13-10-16(23-4)17(24-5)11-14(13)20/h6-11,21H,1-5H3. The summed E-state index contributed by atoms with van der Waals surface area (Å²) in [6.07, 6.45) is 0. The van der Waals surface area contributed by atoms with Gasteiger partial charge in [0.2, 0.25) is 0 Å². The maximum atomic E-state index is 13.1. The van der Waals surface area contributed by atoms with E-state index in [0.717, 1.165) is 5.69 Å². The molecular weight excluding hydrogens is 370 g/mol. The smallest absolute Gasteiger partial charge is 0.196 e. The van der Waals surface area contributed by atoms with Crippen molar-refractivity contribution in [2.75, 3.05) is 19.5 Å². The van der Waals surface area contributed by atoms with E-state index in [1.54, 1.807) is 26.4 Å². The van der Waals surface area contributed by atoms with Crippen LogP contribution in [0.15, 0.2) is 40.9 Å². The normalized spacial score (nSPS) is 11.1. The van der Waals surface area contributed by atoms with Crippen LogP contribution < -0.4 is 14.8 Å². The zero-order chi connectivity index (χ0) is 17.9. The van der Waals surface area contributed by atoms with Crippen molar-refractivity contribution in [1.29, 1.82) is 0 Å². The van der Waals surface area contributed by atoms with Gasteiger partial charge in [-0.15, -0.1) is 0 Å². The summed E-state index contributed by atoms with van der Waals surface area (Å²) in [6, 6.07) is 10.9. The van der Waals surface area contributed by atoms with E-state index in [4.69, 9.17) is 9.47 Å². The number of ketones is 1. The van der Waals surface area contributed by atoms with E-state index in [0.29, 0.717) is 27.1 Å². The first-order valence-corrected chi connectivity index (χ1v) is 8.39. The van der Waals surface area contributed by atoms with E-state index >= 15 is 0 Å². The van der Waals surface area contributed by atoms with Crippen molar-refractivity contribution in [2.24, 2.45) is 0 Å². The van der Waals surface area contributed by atoms with Gasteiger partial charge in [-0.25, -0.2) is 0 Å². The highest BCUT2D eigenvalue weighted by atomic mass is 79.9. The van der Waals surface area contributed by atoms with Crippen LogP contribution in [0.3, 0.4) is 0 Å². The van der Waals surface area contributed by atoms with E-state index in [9.17, 15) is 4.79 Å². The maximum absolute atomic E-state index is 13.1. The third kappa shape index (κ3) is 4.09. The van der Waals surface area contributed by atoms with Gasteiger partial charge in [0, 0.05) is 26.8 Å². The molecule has 4 nitrogen and oxygen atoms in total. The van der Waals surface area contributed by atoms with Gasteiger partial charge in [-0.3, -0.25) is 4.79 Å². The van der Waals surface area contributed by atoms with Crippen molar-refractivity contribution in [1.82, 2.24) is 0 Å². The topological polar surface area (TPSA) is 47.6 Å². The molecule has 128 valence electrons. The number of anilines is 1. The van der Waals surface area contributed by atoms with Crippen LogP contribution in [0.4, 0.5) is 5.69 Å². The van der Waals surface area contributed by atoms with Gasteiger partial charge < -0.3 is 14.8 Å². The predicted molar refractivity (Wildman–Crippen MR) is 100 cm³/mol. The number of halogens is 1. The average molecular weight is 392 g/mol. The number of rotatable bonds is 5. The van der Waals surface area contributed by atoms with Crippen LogP contribution in [-0.2, 0) is 0 Å². The van der Waals surface area contributed by atoms with Crippen LogP contribution in [0.2, 0.25) is 0 Å². The van der Waals surface area contributed by atoms with Crippen LogP contribution >= 0.6 is 15.9 Å². The molecule has 0 fully saturated rings. The molecule has 0 bridgehead atoms. The Bertz CT molecular complexity index is 751. The summed E-state index contributed by atoms with van der Waals surface area (Å²) in [5, 5.41) is 3.38. The van der Waals surface area contributed by atoms with Gasteiger partial charge in [0.25, 0.3) is 0 Å². The molecule has 1 N–H and O–H groups in total. The fourth-order valence-electron chi connectivity index (χ4n) is 2.37. The van der Waals surface area contributed by atoms with Crippen molar-refractivity contribution in [2.45, 2.75) is 26.3 Å². The van der Waals surface area contributed by atoms with Gasteiger partial charge in [-0.05, 0) is 61.0 Å². The lowest BCUT2D eigenvalue weighted by atomic mass is 9.99. The van der Waals surface area contributed by atoms with E-state index < -0.39 is 0 Å². The molecule has 0 saturated heterocycles. The molecule has 0 heterocycles. The third-order valence-electron chi connectivity index (χ3n) is 3.40. The second-order valence-electron chi connectivity index (χ2n) is 6.44. The molecule has 0 saturated carbocycles. The number of benzene rings is 2. The van der Waals surface area contributed by atoms with E-state index in [1.165, 1.54) is 0 Å². The van der Waals surface area contributed by atoms with Crippen molar-refractivity contribution < 1.29 is 14.3 Å². The fourth-order valence-corrected chi connectivity index (χ4v) is 2.87. The lowest BCUT2D eigenvalue weighted by Gasteiger charge is -2.24. The molecule has 0 aliphatic carbocycles. The number of carbonyl (C=O) groups is 1. The summed E-state index contributed by atoms with van der Waals surface area (Å²) in [6.45, 7) is 6.17. The quantitative estimate of drug-likeness (QED) is 0.735. The minimum atomic E-state index is -0.148. The Balaban J connectivity index is 2.50. The Morgan fingerprint density at radius 2 is 1.58 bits per heavy atom. The van der Waals surface area contributed by atoms with Crippen LogP contribution in [0.5, 0.6) is 11.5 Å². The molecule has 2 aromatic carbocycles. The number of para-hydroxylation sites is 1. The molecule has 2 rings (SSSR count). The zero-order valence-corrected chi connectivity index (χ0v) is 16.2. The second kappa shape index (κ2) is 7.26. The van der Waals surface area contributed by atoms with Gasteiger partial charge in [0.15, 0.2) is 17.3 Å². The van der Waals surface area contributed by atoms with Gasteiger partial charge in [0.1, 0.15) is 0 Å². The lowest BCUT2D eigenvalue weighted by molar-refractivity contribution is 0.103. The fraction of sp³-hybridized carbons (Fsp3) is 0.316. The van der Waals surface area contributed by atoms with Crippen molar-refractivity contribution in [3.63, 3.8) is 0 Å². The number of methoxy groups -OCH3 is 2. The Labute approximate surface area is 151 Å². The lowest BCUT2D eigenvalue weighted by Crippen LogP contribution is -2.27. The summed E-state index contributed by atoms with van der Waals surface area (Å²) in [7, 11) is 3.11. The van der Waals surface area contributed by atoms with Crippen LogP contribution in [0.1, 0.15) is 36.7 Å². The van der Waals surface area contributed by atoms with Crippen LogP contribution in [0.25, 0.3) is 0 Å². The highest BCUT2D eigenvalue weighted by Gasteiger charge is 2.21. The Hall–Kier alpha value is -2.01. The number of ether oxygens (including phenoxy) is 2. The molecule has 5 heteroatoms. The van der Waals surface area contributed by atoms with Gasteiger partial charge in [0.05, 0.1) is 14.2 Å². The molecule has 0 amide bonds. The first-order valence-electron chi connectivity index (χ1n) is 7.60. The molecule has 0 unspecified atom stereocenters. The minimum Gasteiger partial charge on any atom is -0.493 e. The summed E-state index contributed by atoms with van der Waals surface area (Å²) in [4.78, 5) is 13.1. The second-order valence-corrected chi connectivity index (χ2v) is 7.29. The molecule has 24 heavy (non-hydrogen) atoms. The van der Waals surface area contributed by atoms with Crippen molar-refractivity contribution >= 4 is 27.4 Å². The Morgan fingerprint density at radius 3 is 2.17 bits per heavy atom. The summed E-state index contributed by atoms with van der Waals surface area (Å²) in [5.41, 5.74) is 1.79. The van der Waals surface area contributed by atoms with Gasteiger partial charge >= 0.3 is 0 Å². The average Bonchev–Trinajstić information content (AvgIpc) is 2.53. The SMILES string of the molecule is COc1cc(Br)c(C(=O)c2ccccc2NC(C)(C)C)cc1OC. The Morgan fingerprint density at radius 1 is 1.00 bits per heavy atom. The molecule has 0 aliphatic heterocycles. The molecule has 0 aliphatic rings. The van der Waals surface area contributed by atoms with Gasteiger partial charge in [-0.2, -0.15) is 0 Å². The highest BCUT2D eigenvalue weighted by molar-refractivity contribution is 9.10. The molecule has 0 atom stereocenters. The molecule has 0 aromatic heterocycles. The molecule has 0 spiro atoms. The molecular formula is C19H22BrNO3. The van der Waals surface area contributed by atoms with Crippen molar-refractivity contribution in [3.8, 4) is 11.5 Å². The first kappa shape index (κ1) is 18.3. The number of hydrogen-bond acceptors (Lipinski definition) is 4. The maximum Gasteiger partial charge on any atom is 0.196 e. The summed E-state index contributed by atoms with van der Waals surface area (Å²) < 4.78 is 11.2. The Kier molecular flexibility index (Phi) is 5.54. The molecule has 2 aromatic rings. The number of hydrogen-bond donors (Lipinski definition) is 1. The highest BCUT2D eigenvalue weighted by Crippen LogP contribution is 2.35. The van der Waals surface area contributed by atoms with Crippen molar-refractivity contribution in [3.05, 3.63) is 52.0 Å². The van der Waals surface area contributed by atoms with Gasteiger partial charge in [-0.1, -0.05) is 12.1 Å². The van der Waals surface area contributed by atoms with E-state index in [-0.39, 0.29) is 11.3 Å². The van der Waals surface area contributed by atoms with E-state index in [2.05, 4.69) is 42.0 Å². The minimum absolute atomic E-state index is 0.0878. The monoisotopic (exact) mass is 391 g/mol. The third-order valence-corrected chi connectivity index (χ3v) is 4.06. The predicted octanol–water partition coefficient (Wildman–Crippen LogP) is 4.91. The first-order chi connectivity index (χ1) is 11.3. The van der Waals surface area contributed by atoms with Crippen LogP contribution in [0, 0.1) is 0 Å². The number of carbonyl (C=O) groups excluding carboxylic acids is 1. The zero-order valence-electron chi connectivity index (χ0n) is 14.6. The summed E-state index contributed by atoms with van der Waals surface area (Å²) in [5.74, 6) is 1.00. The largest absolute Gasteiger partial charge is 0.493 e. The summed E-state index contributed by atoms with van der Waals surface area (Å²) >= 11 is 3.46. The molecule has 0 radical (unpaired) electrons.